The second-order valence-corrected chi connectivity index (χ2v) is 6.58. The van der Waals surface area contributed by atoms with Crippen LogP contribution < -0.4 is 10.6 Å². The van der Waals surface area contributed by atoms with E-state index in [1.807, 2.05) is 0 Å². The molecule has 6 heteroatoms. The molecule has 0 aliphatic heterocycles. The molecule has 1 aliphatic rings. The number of carbonyl (C=O) groups excluding carboxylic acids is 1. The smallest absolute Gasteiger partial charge is 0.314 e. The van der Waals surface area contributed by atoms with Gasteiger partial charge in [-0.05, 0) is 19.3 Å². The number of urea groups is 1. The lowest BCUT2D eigenvalue weighted by Crippen LogP contribution is -2.43. The van der Waals surface area contributed by atoms with E-state index in [1.165, 1.54) is 32.1 Å². The summed E-state index contributed by atoms with van der Waals surface area (Å²) in [5.41, 5.74) is -0.424. The molecular weight excluding hydrogens is 280 g/mol. The van der Waals surface area contributed by atoms with Gasteiger partial charge >= 0.3 is 6.03 Å². The predicted molar refractivity (Wildman–Crippen MR) is 85.4 cm³/mol. The second-order valence-electron chi connectivity index (χ2n) is 6.58. The van der Waals surface area contributed by atoms with E-state index in [0.717, 1.165) is 12.3 Å². The Balaban J connectivity index is 1.66. The molecule has 2 amide bonds. The Bertz CT molecular complexity index is 478. The van der Waals surface area contributed by atoms with Gasteiger partial charge in [0.2, 0.25) is 0 Å². The van der Waals surface area contributed by atoms with Crippen LogP contribution in [0.15, 0.2) is 12.4 Å². The van der Waals surface area contributed by atoms with Crippen molar-refractivity contribution in [2.45, 2.75) is 51.0 Å². The summed E-state index contributed by atoms with van der Waals surface area (Å²) in [6.07, 6.45) is 11.0. The first-order valence-electron chi connectivity index (χ1n) is 8.20. The summed E-state index contributed by atoms with van der Waals surface area (Å²) < 4.78 is 1.63. The van der Waals surface area contributed by atoms with E-state index in [-0.39, 0.29) is 12.6 Å². The molecule has 0 bridgehead atoms. The molecule has 1 unspecified atom stereocenters. The van der Waals surface area contributed by atoms with Gasteiger partial charge in [0.25, 0.3) is 0 Å². The van der Waals surface area contributed by atoms with E-state index in [4.69, 9.17) is 0 Å². The minimum atomic E-state index is -1.12. The summed E-state index contributed by atoms with van der Waals surface area (Å²) in [4.78, 5) is 11.8. The van der Waals surface area contributed by atoms with Gasteiger partial charge in [0.05, 0.1) is 12.7 Å². The number of aryl methyl sites for hydroxylation is 1. The van der Waals surface area contributed by atoms with Crippen molar-refractivity contribution in [1.82, 2.24) is 20.4 Å². The topological polar surface area (TPSA) is 79.2 Å². The van der Waals surface area contributed by atoms with Crippen molar-refractivity contribution in [2.24, 2.45) is 13.0 Å². The molecule has 1 aromatic rings. The molecule has 6 nitrogen and oxygen atoms in total. The number of nitrogens with one attached hydrogen (secondary N) is 2. The molecule has 1 aromatic heterocycles. The van der Waals surface area contributed by atoms with Gasteiger partial charge in [0.15, 0.2) is 0 Å². The Labute approximate surface area is 132 Å². The third kappa shape index (κ3) is 5.02. The summed E-state index contributed by atoms with van der Waals surface area (Å²) >= 11 is 0. The maximum atomic E-state index is 11.8. The number of hydrogen-bond acceptors (Lipinski definition) is 3. The minimum Gasteiger partial charge on any atom is -0.383 e. The van der Waals surface area contributed by atoms with Crippen molar-refractivity contribution in [3.8, 4) is 0 Å². The van der Waals surface area contributed by atoms with Crippen LogP contribution in [0.25, 0.3) is 0 Å². The van der Waals surface area contributed by atoms with Crippen LogP contribution in [0.3, 0.4) is 0 Å². The van der Waals surface area contributed by atoms with E-state index >= 15 is 0 Å². The van der Waals surface area contributed by atoms with Gasteiger partial charge in [-0.25, -0.2) is 4.79 Å². The number of aromatic nitrogens is 2. The van der Waals surface area contributed by atoms with Crippen LogP contribution in [0.1, 0.15) is 51.0 Å². The van der Waals surface area contributed by atoms with E-state index in [1.54, 1.807) is 31.0 Å². The molecule has 1 fully saturated rings. The van der Waals surface area contributed by atoms with E-state index in [2.05, 4.69) is 15.7 Å². The Morgan fingerprint density at radius 2 is 2.14 bits per heavy atom. The molecular formula is C16H28N4O2. The minimum absolute atomic E-state index is 0.161. The largest absolute Gasteiger partial charge is 0.383 e. The van der Waals surface area contributed by atoms with Crippen molar-refractivity contribution < 1.29 is 9.90 Å². The SMILES string of the molecule is Cn1cc(C(C)(O)CNC(=O)NCCC2CCCCC2)cn1. The van der Waals surface area contributed by atoms with Gasteiger partial charge in [-0.2, -0.15) is 5.10 Å². The monoisotopic (exact) mass is 308 g/mol. The fourth-order valence-corrected chi connectivity index (χ4v) is 2.98. The molecule has 22 heavy (non-hydrogen) atoms. The fourth-order valence-electron chi connectivity index (χ4n) is 2.98. The molecule has 3 N–H and O–H groups in total. The maximum Gasteiger partial charge on any atom is 0.314 e. The van der Waals surface area contributed by atoms with Crippen LogP contribution in [0.5, 0.6) is 0 Å². The lowest BCUT2D eigenvalue weighted by molar-refractivity contribution is 0.0593. The zero-order valence-electron chi connectivity index (χ0n) is 13.6. The first kappa shape index (κ1) is 16.8. The third-order valence-corrected chi connectivity index (χ3v) is 4.48. The Morgan fingerprint density at radius 3 is 2.77 bits per heavy atom. The summed E-state index contributed by atoms with van der Waals surface area (Å²) in [5, 5.41) is 20.0. The number of hydrogen-bond donors (Lipinski definition) is 3. The van der Waals surface area contributed by atoms with Crippen molar-refractivity contribution in [1.29, 1.82) is 0 Å². The quantitative estimate of drug-likeness (QED) is 0.751. The molecule has 0 saturated heterocycles. The van der Waals surface area contributed by atoms with Crippen molar-refractivity contribution >= 4 is 6.03 Å². The average molecular weight is 308 g/mol. The lowest BCUT2D eigenvalue weighted by Gasteiger charge is -2.23. The molecule has 1 atom stereocenters. The zero-order valence-corrected chi connectivity index (χ0v) is 13.6. The summed E-state index contributed by atoms with van der Waals surface area (Å²) in [7, 11) is 1.80. The molecule has 2 rings (SSSR count). The highest BCUT2D eigenvalue weighted by atomic mass is 16.3. The predicted octanol–water partition coefficient (Wildman–Crippen LogP) is 1.90. The normalized spacial score (nSPS) is 18.7. The molecule has 0 spiro atoms. The molecule has 0 radical (unpaired) electrons. The number of nitrogens with zero attached hydrogens (tertiary/aromatic N) is 2. The highest BCUT2D eigenvalue weighted by Gasteiger charge is 2.25. The molecule has 1 aliphatic carbocycles. The van der Waals surface area contributed by atoms with Crippen LogP contribution in [0, 0.1) is 5.92 Å². The fraction of sp³-hybridized carbons (Fsp3) is 0.750. The molecule has 124 valence electrons. The van der Waals surface area contributed by atoms with Gasteiger partial charge in [0.1, 0.15) is 5.60 Å². The van der Waals surface area contributed by atoms with Crippen molar-refractivity contribution in [3.63, 3.8) is 0 Å². The van der Waals surface area contributed by atoms with Crippen LogP contribution in [-0.4, -0.2) is 34.0 Å². The highest BCUT2D eigenvalue weighted by Crippen LogP contribution is 2.25. The van der Waals surface area contributed by atoms with Gasteiger partial charge in [-0.15, -0.1) is 0 Å². The van der Waals surface area contributed by atoms with E-state index in [9.17, 15) is 9.90 Å². The second kappa shape index (κ2) is 7.63. The molecule has 0 aromatic carbocycles. The molecule has 1 heterocycles. The first-order chi connectivity index (χ1) is 10.5. The summed E-state index contributed by atoms with van der Waals surface area (Å²) in [6.45, 7) is 2.53. The molecule has 1 saturated carbocycles. The summed E-state index contributed by atoms with van der Waals surface area (Å²) in [5.74, 6) is 0.757. The zero-order chi connectivity index (χ0) is 16.0. The van der Waals surface area contributed by atoms with E-state index < -0.39 is 5.60 Å². The van der Waals surface area contributed by atoms with Crippen LogP contribution in [-0.2, 0) is 12.6 Å². The lowest BCUT2D eigenvalue weighted by atomic mass is 9.87. The van der Waals surface area contributed by atoms with Crippen LogP contribution in [0.2, 0.25) is 0 Å². The third-order valence-electron chi connectivity index (χ3n) is 4.48. The summed E-state index contributed by atoms with van der Waals surface area (Å²) in [6, 6.07) is -0.222. The Hall–Kier alpha value is -1.56. The Morgan fingerprint density at radius 1 is 1.41 bits per heavy atom. The van der Waals surface area contributed by atoms with Crippen molar-refractivity contribution in [2.75, 3.05) is 13.1 Å². The standard InChI is InChI=1S/C16H28N4O2/c1-16(22,14-10-19-20(2)11-14)12-18-15(21)17-9-8-13-6-4-3-5-7-13/h10-11,13,22H,3-9,12H2,1-2H3,(H2,17,18,21). The first-order valence-corrected chi connectivity index (χ1v) is 8.20. The Kier molecular flexibility index (Phi) is 5.83. The van der Waals surface area contributed by atoms with Crippen molar-refractivity contribution in [3.05, 3.63) is 18.0 Å². The van der Waals surface area contributed by atoms with Crippen LogP contribution in [0.4, 0.5) is 4.79 Å². The number of carbonyl (C=O) groups is 1. The maximum absolute atomic E-state index is 11.8. The van der Waals surface area contributed by atoms with Gasteiger partial charge in [-0.3, -0.25) is 4.68 Å². The van der Waals surface area contributed by atoms with Crippen LogP contribution >= 0.6 is 0 Å². The van der Waals surface area contributed by atoms with E-state index in [0.29, 0.717) is 12.1 Å². The highest BCUT2D eigenvalue weighted by molar-refractivity contribution is 5.73. The number of amides is 2. The number of rotatable bonds is 6. The van der Waals surface area contributed by atoms with Gasteiger partial charge in [-0.1, -0.05) is 32.1 Å². The van der Waals surface area contributed by atoms with Gasteiger partial charge in [0, 0.05) is 25.4 Å². The number of aliphatic hydroxyl groups is 1. The average Bonchev–Trinajstić information content (AvgIpc) is 2.94. The van der Waals surface area contributed by atoms with Gasteiger partial charge < -0.3 is 15.7 Å².